The molecule has 0 aliphatic carbocycles. The molecule has 428 valence electrons. The van der Waals surface area contributed by atoms with Crippen molar-refractivity contribution in [2.45, 2.75) is 89.2 Å². The summed E-state index contributed by atoms with van der Waals surface area (Å²) in [5.41, 5.74) is 3.21. The maximum atomic E-state index is 17.3. The Bertz CT molecular complexity index is 3570. The fraction of sp³-hybridized carbons (Fsp3) is 0.400. The van der Waals surface area contributed by atoms with Crippen molar-refractivity contribution < 1.29 is 47.4 Å². The zero-order valence-electron chi connectivity index (χ0n) is 45.9. The van der Waals surface area contributed by atoms with Crippen molar-refractivity contribution in [3.63, 3.8) is 0 Å². The van der Waals surface area contributed by atoms with Crippen LogP contribution in [0.5, 0.6) is 17.6 Å². The van der Waals surface area contributed by atoms with Crippen LogP contribution < -0.4 is 19.7 Å². The molecule has 3 fully saturated rings. The van der Waals surface area contributed by atoms with Gasteiger partial charge in [-0.1, -0.05) is 80.6 Å². The van der Waals surface area contributed by atoms with Gasteiger partial charge in [-0.05, 0) is 89.5 Å². The second-order valence-corrected chi connectivity index (χ2v) is 22.9. The first-order chi connectivity index (χ1) is 39.4. The molecule has 10 rings (SSSR count). The Kier molecular flexibility index (Phi) is 17.1. The number of alkyl halides is 1. The van der Waals surface area contributed by atoms with Gasteiger partial charge in [0.25, 0.3) is 5.88 Å². The van der Waals surface area contributed by atoms with Crippen LogP contribution in [0.2, 0.25) is 5.02 Å². The number of carbonyl (C=O) groups excluding carboxylic acids is 3. The lowest BCUT2D eigenvalue weighted by molar-refractivity contribution is -0.141. The number of nitriles is 1. The summed E-state index contributed by atoms with van der Waals surface area (Å²) < 4.78 is 51.5. The summed E-state index contributed by atoms with van der Waals surface area (Å²) in [5.74, 6) is -2.67. The summed E-state index contributed by atoms with van der Waals surface area (Å²) in [4.78, 5) is 62.6. The van der Waals surface area contributed by atoms with Crippen molar-refractivity contribution in [2.24, 2.45) is 5.92 Å². The highest BCUT2D eigenvalue weighted by molar-refractivity contribution is 7.13. The Morgan fingerprint density at radius 1 is 1.01 bits per heavy atom. The van der Waals surface area contributed by atoms with Gasteiger partial charge in [0, 0.05) is 69.3 Å². The van der Waals surface area contributed by atoms with Crippen LogP contribution in [0.3, 0.4) is 0 Å². The van der Waals surface area contributed by atoms with Crippen molar-refractivity contribution in [1.82, 2.24) is 40.1 Å². The van der Waals surface area contributed by atoms with Gasteiger partial charge in [-0.25, -0.2) is 13.8 Å². The molecule has 22 heteroatoms. The van der Waals surface area contributed by atoms with Crippen LogP contribution in [0.15, 0.2) is 95.5 Å². The number of carbonyl (C=O) groups is 3. The molecule has 3 aliphatic heterocycles. The molecule has 0 saturated carbocycles. The van der Waals surface area contributed by atoms with Gasteiger partial charge < -0.3 is 44.2 Å². The zero-order valence-corrected chi connectivity index (χ0v) is 47.4. The number of aliphatic hydroxyl groups is 1. The summed E-state index contributed by atoms with van der Waals surface area (Å²) >= 11 is 8.50. The summed E-state index contributed by atoms with van der Waals surface area (Å²) in [6.45, 7) is 12.6. The number of amides is 3. The van der Waals surface area contributed by atoms with Gasteiger partial charge in [-0.3, -0.25) is 19.3 Å². The molecule has 3 N–H and O–H groups in total. The van der Waals surface area contributed by atoms with Gasteiger partial charge in [0.1, 0.15) is 47.9 Å². The van der Waals surface area contributed by atoms with E-state index < -0.39 is 41.5 Å². The van der Waals surface area contributed by atoms with Gasteiger partial charge >= 0.3 is 6.01 Å². The number of phenolic OH excluding ortho intramolecular Hbond substituents is 1. The van der Waals surface area contributed by atoms with Crippen LogP contribution in [0.4, 0.5) is 14.6 Å². The van der Waals surface area contributed by atoms with E-state index in [1.807, 2.05) is 73.9 Å². The minimum atomic E-state index is -1.73. The average Bonchev–Trinajstić information content (AvgIpc) is 3.19. The Hall–Kier alpha value is -7.77. The number of anilines is 1. The SMILES string of the molecule is C=CC(=O)N1CCN(c2nc(OCCN3CCC(F)(COc4cc([C@@H](C(=O)N5C[C@H](O)C[C@H]5C(=O)N[C@@H](C)c5ccc(-c6scnc6C)cc5)C(C)C)on4)CC3)nc3c(F)c(-c4cc(O)cc5ccccc45)c(Cl)cc23)C[C@@H]1CC#N. The zero-order chi connectivity index (χ0) is 58.0. The molecule has 7 aromatic rings. The highest BCUT2D eigenvalue weighted by Gasteiger charge is 2.44. The third-order valence-corrected chi connectivity index (χ3v) is 17.1. The normalized spacial score (nSPS) is 19.1. The first-order valence-corrected chi connectivity index (χ1v) is 28.6. The number of aliphatic hydroxyl groups excluding tert-OH is 1. The summed E-state index contributed by atoms with van der Waals surface area (Å²) in [6, 6.07) is 21.4. The minimum absolute atomic E-state index is 0.00552. The smallest absolute Gasteiger partial charge is 0.319 e. The van der Waals surface area contributed by atoms with Crippen LogP contribution in [0.1, 0.15) is 75.4 Å². The van der Waals surface area contributed by atoms with E-state index in [9.17, 15) is 29.9 Å². The monoisotopic (exact) mass is 1160 g/mol. The number of rotatable bonds is 18. The Morgan fingerprint density at radius 2 is 1.78 bits per heavy atom. The number of phenols is 1. The van der Waals surface area contributed by atoms with E-state index in [0.717, 1.165) is 21.7 Å². The lowest BCUT2D eigenvalue weighted by Gasteiger charge is -2.41. The second kappa shape index (κ2) is 24.4. The standard InChI is InChI=1S/C60H63ClF2N10O8S/c1-6-50(76)72-22-21-71(30-40(72)15-18-64)56-45-28-46(61)52(44-26-41(74)25-39-9-7-8-10-43(39)44)53(62)54(45)67-59(68-56)79-24-23-70-19-16-60(63,17-20-70)32-80-49-29-48(81-69-49)51(34(2)3)58(78)73-31-42(75)27-47(73)57(77)66-35(4)37-11-13-38(14-12-37)55-36(5)65-33-82-55/h6-14,25-26,28-29,33-35,40,42,47,51,74-75H,1,15-17,19-24,27,30-32H2,2-5H3,(H,66,77)/t35-,40-,42+,47-,51-/m0/s1. The predicted octanol–water partition coefficient (Wildman–Crippen LogP) is 9.33. The minimum Gasteiger partial charge on any atom is -0.508 e. The molecule has 4 aromatic carbocycles. The van der Waals surface area contributed by atoms with Crippen LogP contribution in [-0.4, -0.2) is 146 Å². The number of hydrogen-bond donors (Lipinski definition) is 3. The molecule has 0 unspecified atom stereocenters. The van der Waals surface area contributed by atoms with E-state index in [4.69, 9.17) is 30.6 Å². The van der Waals surface area contributed by atoms with E-state index in [1.165, 1.54) is 23.1 Å². The molecule has 0 spiro atoms. The Balaban J connectivity index is 0.775. The fourth-order valence-corrected chi connectivity index (χ4v) is 12.4. The molecule has 18 nitrogen and oxygen atoms in total. The molecule has 6 heterocycles. The summed E-state index contributed by atoms with van der Waals surface area (Å²) in [6.07, 6.45) is 0.616. The topological polar surface area (TPSA) is 224 Å². The van der Waals surface area contributed by atoms with E-state index in [0.29, 0.717) is 41.8 Å². The number of thiazole rings is 1. The summed E-state index contributed by atoms with van der Waals surface area (Å²) in [7, 11) is 0. The number of nitrogens with one attached hydrogen (secondary N) is 1. The van der Waals surface area contributed by atoms with Gasteiger partial charge in [-0.2, -0.15) is 15.2 Å². The number of hydrogen-bond acceptors (Lipinski definition) is 16. The molecule has 3 amide bonds. The Labute approximate surface area is 481 Å². The maximum absolute atomic E-state index is 17.3. The molecule has 0 radical (unpaired) electrons. The number of piperazine rings is 1. The van der Waals surface area contributed by atoms with E-state index in [-0.39, 0.29) is 134 Å². The lowest BCUT2D eigenvalue weighted by Crippen LogP contribution is -2.55. The third-order valence-electron chi connectivity index (χ3n) is 15.8. The number of aromatic hydroxyl groups is 1. The van der Waals surface area contributed by atoms with Crippen LogP contribution in [0, 0.1) is 30.0 Å². The largest absolute Gasteiger partial charge is 0.508 e. The van der Waals surface area contributed by atoms with Crippen molar-refractivity contribution in [3.05, 3.63) is 119 Å². The number of β-amino-alcohol motifs (C(OH)–C–C–N with tert-alkyl or cyclic N) is 1. The Morgan fingerprint density at radius 3 is 2.50 bits per heavy atom. The van der Waals surface area contributed by atoms with Crippen molar-refractivity contribution in [3.8, 4) is 45.3 Å². The number of nitrogens with zero attached hydrogens (tertiary/aromatic N) is 9. The number of aryl methyl sites for hydroxylation is 1. The van der Waals surface area contributed by atoms with E-state index >= 15 is 8.78 Å². The lowest BCUT2D eigenvalue weighted by atomic mass is 9.91. The van der Waals surface area contributed by atoms with Crippen molar-refractivity contribution >= 4 is 68.2 Å². The van der Waals surface area contributed by atoms with Crippen molar-refractivity contribution in [1.29, 1.82) is 5.26 Å². The number of likely N-dealkylation sites (tertiary alicyclic amines) is 2. The van der Waals surface area contributed by atoms with Gasteiger partial charge in [0.2, 0.25) is 17.7 Å². The van der Waals surface area contributed by atoms with Crippen LogP contribution in [-0.2, 0) is 14.4 Å². The number of halogens is 3. The van der Waals surface area contributed by atoms with Crippen LogP contribution in [0.25, 0.3) is 43.2 Å². The predicted molar refractivity (Wildman–Crippen MR) is 307 cm³/mol. The molecule has 3 saturated heterocycles. The fourth-order valence-electron chi connectivity index (χ4n) is 11.3. The van der Waals surface area contributed by atoms with E-state index in [2.05, 4.69) is 33.1 Å². The molecule has 82 heavy (non-hydrogen) atoms. The average molecular weight is 1160 g/mol. The van der Waals surface area contributed by atoms with Gasteiger partial charge in [0.05, 0.1) is 51.8 Å². The van der Waals surface area contributed by atoms with Gasteiger partial charge in [-0.15, -0.1) is 11.3 Å². The number of piperidine rings is 1. The number of fused-ring (bicyclic) bond motifs is 2. The molecule has 3 aliphatic rings. The highest BCUT2D eigenvalue weighted by atomic mass is 35.5. The quantitative estimate of drug-likeness (QED) is 0.0681. The number of ether oxygens (including phenoxy) is 2. The molecular formula is C60H63ClF2N10O8S. The molecule has 5 atom stereocenters. The second-order valence-electron chi connectivity index (χ2n) is 21.6. The van der Waals surface area contributed by atoms with Crippen LogP contribution >= 0.6 is 22.9 Å². The molecule has 3 aromatic heterocycles. The maximum Gasteiger partial charge on any atom is 0.319 e. The van der Waals surface area contributed by atoms with Crippen molar-refractivity contribution in [2.75, 3.05) is 63.9 Å². The molecule has 0 bridgehead atoms. The molecular weight excluding hydrogens is 1090 g/mol. The third kappa shape index (κ3) is 12.1. The first kappa shape index (κ1) is 57.5. The van der Waals surface area contributed by atoms with Gasteiger partial charge in [0.15, 0.2) is 11.6 Å². The number of aromatic nitrogens is 4. The summed E-state index contributed by atoms with van der Waals surface area (Å²) in [5, 5.41) is 39.9. The van der Waals surface area contributed by atoms with E-state index in [1.54, 1.807) is 46.0 Å². The highest BCUT2D eigenvalue weighted by Crippen LogP contribution is 2.43. The first-order valence-electron chi connectivity index (χ1n) is 27.3. The number of benzene rings is 4.